The average Bonchev–Trinajstić information content (AvgIpc) is 3.52. The molecule has 2 aromatic rings. The van der Waals surface area contributed by atoms with Crippen molar-refractivity contribution in [2.75, 3.05) is 32.7 Å². The summed E-state index contributed by atoms with van der Waals surface area (Å²) >= 11 is 0. The number of anilines is 1. The number of aliphatic hydroxyl groups excluding tert-OH is 1. The van der Waals surface area contributed by atoms with E-state index in [4.69, 9.17) is 29.2 Å². The third-order valence-corrected chi connectivity index (χ3v) is 9.77. The summed E-state index contributed by atoms with van der Waals surface area (Å²) in [6.45, 7) is 20.1. The molecule has 0 aromatic carbocycles. The number of nitrogens with zero attached hydrogens (tertiary/aromatic N) is 4. The minimum atomic E-state index is -4.38. The molecule has 1 saturated heterocycles. The summed E-state index contributed by atoms with van der Waals surface area (Å²) in [7, 11) is -2.99. The van der Waals surface area contributed by atoms with Gasteiger partial charge in [-0.15, -0.1) is 0 Å². The maximum Gasteiger partial charge on any atom is 0.342 e. The highest BCUT2D eigenvalue weighted by Gasteiger charge is 2.54. The van der Waals surface area contributed by atoms with Crippen LogP contribution in [0.2, 0.25) is 0 Å². The fourth-order valence-corrected chi connectivity index (χ4v) is 7.24. The number of nitrogens with one attached hydrogen (secondary N) is 2. The van der Waals surface area contributed by atoms with E-state index in [2.05, 4.69) is 25.1 Å². The van der Waals surface area contributed by atoms with Crippen molar-refractivity contribution >= 4 is 36.7 Å². The number of nitrogen functional groups attached to an aromatic ring is 1. The highest BCUT2D eigenvalue weighted by molar-refractivity contribution is 7.54. The molecule has 0 aliphatic carbocycles. The molecule has 1 aliphatic rings. The first-order valence-electron chi connectivity index (χ1n) is 17.6. The second kappa shape index (κ2) is 17.0. The van der Waals surface area contributed by atoms with Crippen LogP contribution in [0.25, 0.3) is 11.2 Å². The number of aromatic nitrogens is 4. The third kappa shape index (κ3) is 11.8. The highest BCUT2D eigenvalue weighted by Crippen LogP contribution is 2.45. The Morgan fingerprint density at radius 3 is 1.94 bits per heavy atom. The van der Waals surface area contributed by atoms with Crippen LogP contribution in [0.5, 0.6) is 5.88 Å². The van der Waals surface area contributed by atoms with Gasteiger partial charge in [-0.2, -0.15) is 9.97 Å². The number of esters is 2. The van der Waals surface area contributed by atoms with Gasteiger partial charge in [-0.25, -0.2) is 15.2 Å². The van der Waals surface area contributed by atoms with Gasteiger partial charge in [0.15, 0.2) is 17.4 Å². The number of methoxy groups -OCH3 is 1. The molecule has 3 heterocycles. The Labute approximate surface area is 306 Å². The smallest absolute Gasteiger partial charge is 0.342 e. The van der Waals surface area contributed by atoms with E-state index in [0.717, 1.165) is 0 Å². The Bertz CT molecular complexity index is 1520. The summed E-state index contributed by atoms with van der Waals surface area (Å²) in [5.41, 5.74) is 3.70. The molecule has 17 nitrogen and oxygen atoms in total. The molecular weight excluding hydrogens is 697 g/mol. The molecule has 18 heteroatoms. The lowest BCUT2D eigenvalue weighted by atomic mass is 9.96. The van der Waals surface area contributed by atoms with E-state index in [9.17, 15) is 24.4 Å². The van der Waals surface area contributed by atoms with Crippen molar-refractivity contribution in [1.29, 1.82) is 0 Å². The highest BCUT2D eigenvalue weighted by atomic mass is 31.2. The van der Waals surface area contributed by atoms with E-state index in [1.54, 1.807) is 0 Å². The molecule has 0 unspecified atom stereocenters. The van der Waals surface area contributed by atoms with Gasteiger partial charge in [0.1, 0.15) is 29.9 Å². The van der Waals surface area contributed by atoms with Crippen molar-refractivity contribution in [2.45, 2.75) is 125 Å². The maximum absolute atomic E-state index is 14.9. The number of aliphatic hydroxyl groups is 2. The quantitative estimate of drug-likeness (QED) is 0.114. The number of hydrogen-bond donors (Lipinski definition) is 5. The van der Waals surface area contributed by atoms with Crippen LogP contribution in [0.4, 0.5) is 5.95 Å². The summed E-state index contributed by atoms with van der Waals surface area (Å²) in [6.07, 6.45) is -2.31. The number of nitrogens with two attached hydrogens (primary N) is 1. The topological polar surface area (TPSA) is 231 Å². The molecule has 0 bridgehead atoms. The van der Waals surface area contributed by atoms with Crippen LogP contribution in [-0.4, -0.2) is 98.5 Å². The van der Waals surface area contributed by atoms with Crippen LogP contribution in [-0.2, 0) is 32.9 Å². The normalized spacial score (nSPS) is 22.6. The zero-order valence-electron chi connectivity index (χ0n) is 32.6. The molecule has 1 aliphatic heterocycles. The lowest BCUT2D eigenvalue weighted by molar-refractivity contribution is -0.149. The Balaban J connectivity index is 1.97. The summed E-state index contributed by atoms with van der Waals surface area (Å²) in [5, 5.41) is 28.6. The zero-order valence-corrected chi connectivity index (χ0v) is 33.5. The van der Waals surface area contributed by atoms with Crippen molar-refractivity contribution in [3.63, 3.8) is 0 Å². The van der Waals surface area contributed by atoms with E-state index in [0.29, 0.717) is 0 Å². The van der Waals surface area contributed by atoms with Crippen molar-refractivity contribution < 1.29 is 47.8 Å². The van der Waals surface area contributed by atoms with E-state index < -0.39 is 62.3 Å². The monoisotopic (exact) mass is 757 g/mol. The van der Waals surface area contributed by atoms with Crippen molar-refractivity contribution in [1.82, 2.24) is 29.7 Å². The first-order valence-corrected chi connectivity index (χ1v) is 19.2. The van der Waals surface area contributed by atoms with Gasteiger partial charge in [-0.05, 0) is 42.4 Å². The molecular formula is C34H60N7O10P. The van der Waals surface area contributed by atoms with Gasteiger partial charge in [0.2, 0.25) is 11.8 Å². The summed E-state index contributed by atoms with van der Waals surface area (Å²) in [6, 6.07) is -2.21. The molecule has 3 rings (SSSR count). The first-order chi connectivity index (χ1) is 23.9. The van der Waals surface area contributed by atoms with Gasteiger partial charge in [0.25, 0.3) is 0 Å². The Hall–Kier alpha value is -2.92. The van der Waals surface area contributed by atoms with Gasteiger partial charge in [0, 0.05) is 0 Å². The van der Waals surface area contributed by atoms with Crippen molar-refractivity contribution in [3.8, 4) is 5.88 Å². The van der Waals surface area contributed by atoms with Crippen LogP contribution < -0.4 is 20.6 Å². The molecule has 296 valence electrons. The fourth-order valence-electron chi connectivity index (χ4n) is 5.42. The molecule has 2 aromatic heterocycles. The largest absolute Gasteiger partial charge is 0.479 e. The zero-order chi connectivity index (χ0) is 39.4. The minimum absolute atomic E-state index is 0.0336. The number of hydrogen-bond acceptors (Lipinski definition) is 14. The van der Waals surface area contributed by atoms with Gasteiger partial charge in [-0.3, -0.25) is 18.7 Å². The summed E-state index contributed by atoms with van der Waals surface area (Å²) < 4.78 is 44.9. The fraction of sp³-hybridized carbons (Fsp3) is 0.794. The SMILES string of the molecule is COc1nc(N)nc2c1ncn2[C@@H]1O[C@H](COP(=O)(N[C@@H](CC(C)C)C(=O)OCC(C)(C)C)N[C@@H](CC(C)C)C(=O)OCC(C)(C)C)[C@@H](O)[C@@]1(C)O. The van der Waals surface area contributed by atoms with Gasteiger partial charge in [0.05, 0.1) is 33.3 Å². The van der Waals surface area contributed by atoms with Crippen LogP contribution in [0, 0.1) is 22.7 Å². The van der Waals surface area contributed by atoms with Crippen LogP contribution in [0.3, 0.4) is 0 Å². The van der Waals surface area contributed by atoms with E-state index >= 15 is 0 Å². The number of carbonyl (C=O) groups is 2. The molecule has 0 spiro atoms. The summed E-state index contributed by atoms with van der Waals surface area (Å²) in [4.78, 5) is 39.4. The average molecular weight is 758 g/mol. The second-order valence-corrected chi connectivity index (χ2v) is 18.8. The van der Waals surface area contributed by atoms with Crippen LogP contribution in [0.15, 0.2) is 6.33 Å². The van der Waals surface area contributed by atoms with Crippen LogP contribution >= 0.6 is 7.67 Å². The minimum Gasteiger partial charge on any atom is -0.479 e. The van der Waals surface area contributed by atoms with Gasteiger partial charge < -0.3 is 39.4 Å². The first kappa shape index (κ1) is 43.5. The van der Waals surface area contributed by atoms with Gasteiger partial charge >= 0.3 is 19.6 Å². The predicted octanol–water partition coefficient (Wildman–Crippen LogP) is 3.74. The number of carbonyl (C=O) groups excluding carboxylic acids is 2. The molecule has 0 saturated carbocycles. The third-order valence-electron chi connectivity index (χ3n) is 7.96. The van der Waals surface area contributed by atoms with Crippen molar-refractivity contribution in [3.05, 3.63) is 6.33 Å². The van der Waals surface area contributed by atoms with Gasteiger partial charge in [-0.1, -0.05) is 69.2 Å². The standard InChI is InChI=1S/C34H60N7O10P/c1-19(2)13-21(28(43)48-16-32(5,6)7)39-52(46,40-22(14-20(3)4)29(44)49-17-33(8,9)10)50-15-23-25(42)34(11,45)30(51-23)41-18-36-24-26(41)37-31(35)38-27(24)47-12/h18-23,25,30,42,45H,13-17H2,1-12H3,(H2,35,37,38)(H2,39,40,46)/t21-,22-,23+,25+,30+,34+/m0/s1. The lowest BCUT2D eigenvalue weighted by Gasteiger charge is -2.31. The van der Waals surface area contributed by atoms with E-state index in [-0.39, 0.29) is 71.7 Å². The molecule has 6 atom stereocenters. The molecule has 52 heavy (non-hydrogen) atoms. The number of fused-ring (bicyclic) bond motifs is 1. The Morgan fingerprint density at radius 1 is 1.00 bits per heavy atom. The number of ether oxygens (including phenoxy) is 4. The van der Waals surface area contributed by atoms with E-state index in [1.165, 1.54) is 24.9 Å². The maximum atomic E-state index is 14.9. The molecule has 0 amide bonds. The second-order valence-electron chi connectivity index (χ2n) is 16.9. The number of imidazole rings is 1. The Morgan fingerprint density at radius 2 is 1.50 bits per heavy atom. The summed E-state index contributed by atoms with van der Waals surface area (Å²) in [5.74, 6) is -1.37. The number of rotatable bonds is 17. The molecule has 1 fully saturated rings. The van der Waals surface area contributed by atoms with E-state index in [1.807, 2.05) is 69.2 Å². The predicted molar refractivity (Wildman–Crippen MR) is 194 cm³/mol. The lowest BCUT2D eigenvalue weighted by Crippen LogP contribution is -2.47. The molecule has 6 N–H and O–H groups in total. The van der Waals surface area contributed by atoms with Crippen molar-refractivity contribution in [2.24, 2.45) is 22.7 Å². The Kier molecular flexibility index (Phi) is 14.3. The van der Waals surface area contributed by atoms with Crippen LogP contribution in [0.1, 0.15) is 95.2 Å². The molecule has 0 radical (unpaired) electrons.